The van der Waals surface area contributed by atoms with E-state index >= 15 is 0 Å². The Hall–Kier alpha value is -4.30. The molecule has 10 aliphatic rings. The van der Waals surface area contributed by atoms with Crippen LogP contribution < -0.4 is 86.7 Å². The summed E-state index contributed by atoms with van der Waals surface area (Å²) in [6, 6.07) is 0. The number of nitrogens with two attached hydrogens (primary N) is 1. The fourth-order valence-corrected chi connectivity index (χ4v) is 16.8. The summed E-state index contributed by atoms with van der Waals surface area (Å²) in [5, 5.41) is 35.7. The number of rotatable bonds is 22. The van der Waals surface area contributed by atoms with Crippen LogP contribution in [0.25, 0.3) is 0 Å². The van der Waals surface area contributed by atoms with E-state index in [1.807, 2.05) is 26.0 Å². The van der Waals surface area contributed by atoms with Crippen molar-refractivity contribution in [3.8, 4) is 0 Å². The minimum absolute atomic E-state index is 0. The number of carboxylic acids is 4. The van der Waals surface area contributed by atoms with E-state index in [0.717, 1.165) is 28.9 Å². The Morgan fingerprint density at radius 3 is 1.17 bits per heavy atom. The summed E-state index contributed by atoms with van der Waals surface area (Å²) < 4.78 is 32.7. The topological polar surface area (TPSA) is 365 Å². The molecule has 4 bridgehead atoms. The molecule has 8 N–H and O–H groups in total. The molecule has 0 radical (unpaired) electrons. The summed E-state index contributed by atoms with van der Waals surface area (Å²) in [4.78, 5) is 117. The van der Waals surface area contributed by atoms with Crippen molar-refractivity contribution in [1.82, 2.24) is 0 Å². The van der Waals surface area contributed by atoms with Crippen molar-refractivity contribution in [2.24, 2.45) is 68.8 Å². The van der Waals surface area contributed by atoms with Crippen molar-refractivity contribution in [2.45, 2.75) is 187 Å². The number of ether oxygens (including phenoxy) is 6. The third-order valence-electron chi connectivity index (χ3n) is 20.7. The van der Waals surface area contributed by atoms with Crippen LogP contribution in [0.4, 0.5) is 0 Å². The fourth-order valence-electron chi connectivity index (χ4n) is 16.8. The van der Waals surface area contributed by atoms with Crippen molar-refractivity contribution in [3.63, 3.8) is 0 Å². The van der Waals surface area contributed by atoms with Gasteiger partial charge >= 0.3 is 141 Å². The van der Waals surface area contributed by atoms with Gasteiger partial charge in [-0.1, -0.05) is 76.3 Å². The van der Waals surface area contributed by atoms with Crippen LogP contribution in [0.5, 0.6) is 0 Å². The standard InChI is InChI=1S/2C28H36O10.C10H17N.K.Na.H2O/c2*1-17-4-7-20-27(2,19(17)6-5-18-13-15-36-26(18)35)14-12-21(38-25(34)11-9-23(31)32)28(20,3)16-37-24(33)10-8-22(29)30;11-10-4-7-1-8(5-10)3-9(2-7)6-10;;;/h2*5-6,13,19-21H,1,4,7-12,14-16H2,2-3H3,(H,29,30)(H,31,32);7-9H,1-6,11H2;;;1H2/q;;;2*+1;/b2*6-5+;;;;. The van der Waals surface area contributed by atoms with Crippen LogP contribution in [0.15, 0.2) is 71.9 Å². The van der Waals surface area contributed by atoms with Crippen molar-refractivity contribution in [1.29, 1.82) is 0 Å². The van der Waals surface area contributed by atoms with Crippen LogP contribution >= 0.6 is 0 Å². The number of hydrogen-bond acceptors (Lipinski definition) is 17. The SMILES string of the molecule is C=C1CCC2C(C)(COC(=O)CCC(=O)O)C(OC(=O)CCC(=O)O)CCC2(C)C1/C=C/C1=CCOC1=O.C=C1CCC2C(C)(COC(=O)CCC(=O)O)C(OC(=O)CCC(=O)O)CCC2(C)C1/C=C/C1=CCOC1=O.NC12CC3CC(CC(C3)C1)C2.O.[K+].[Na+]. The van der Waals surface area contributed by atoms with Gasteiger partial charge in [0.05, 0.1) is 62.5 Å². The summed E-state index contributed by atoms with van der Waals surface area (Å²) in [6.45, 7) is 17.0. The summed E-state index contributed by atoms with van der Waals surface area (Å²) in [6.07, 6.45) is 20.8. The van der Waals surface area contributed by atoms with E-state index in [9.17, 15) is 47.9 Å². The first-order chi connectivity index (χ1) is 41.0. The first-order valence-corrected chi connectivity index (χ1v) is 30.8. The predicted molar refractivity (Wildman–Crippen MR) is 316 cm³/mol. The van der Waals surface area contributed by atoms with Gasteiger partial charge in [0.1, 0.15) is 38.6 Å². The maximum absolute atomic E-state index is 12.5. The molecule has 2 heterocycles. The second kappa shape index (κ2) is 33.7. The Bertz CT molecular complexity index is 2640. The number of hydrogen-bond donors (Lipinski definition) is 5. The third-order valence-corrected chi connectivity index (χ3v) is 20.7. The average Bonchev–Trinajstić information content (AvgIpc) is 1.06. The van der Waals surface area contributed by atoms with Gasteiger partial charge < -0.3 is 60.1 Å². The minimum Gasteiger partial charge on any atom is -0.481 e. The molecule has 0 aromatic heterocycles. The Morgan fingerprint density at radius 1 is 0.556 bits per heavy atom. The summed E-state index contributed by atoms with van der Waals surface area (Å²) in [7, 11) is 0. The van der Waals surface area contributed by atoms with Crippen LogP contribution in [0, 0.1) is 63.1 Å². The Labute approximate surface area is 591 Å². The molecule has 90 heavy (non-hydrogen) atoms. The van der Waals surface area contributed by atoms with Gasteiger partial charge in [0, 0.05) is 28.2 Å². The molecule has 486 valence electrons. The predicted octanol–water partition coefficient (Wildman–Crippen LogP) is 2.30. The molecule has 22 nitrogen and oxygen atoms in total. The van der Waals surface area contributed by atoms with E-state index in [1.165, 1.54) is 38.5 Å². The smallest absolute Gasteiger partial charge is 0.481 e. The van der Waals surface area contributed by atoms with E-state index in [4.69, 9.17) is 54.6 Å². The summed E-state index contributed by atoms with van der Waals surface area (Å²) in [5.74, 6) is -5.04. The number of cyclic esters (lactones) is 2. The fraction of sp³-hybridized carbons (Fsp3) is 0.667. The second-order valence-electron chi connectivity index (χ2n) is 26.9. The zero-order chi connectivity index (χ0) is 63.6. The van der Waals surface area contributed by atoms with Crippen LogP contribution in [0.2, 0.25) is 0 Å². The number of fused-ring (bicyclic) bond motifs is 2. The van der Waals surface area contributed by atoms with Crippen molar-refractivity contribution < 1.29 is 183 Å². The number of allylic oxidation sites excluding steroid dienone is 4. The van der Waals surface area contributed by atoms with E-state index < -0.39 is 70.8 Å². The van der Waals surface area contributed by atoms with Crippen molar-refractivity contribution in [2.75, 3.05) is 26.4 Å². The van der Waals surface area contributed by atoms with Gasteiger partial charge in [0.15, 0.2) is 0 Å². The molecule has 0 saturated heterocycles. The van der Waals surface area contributed by atoms with Crippen LogP contribution in [0.1, 0.15) is 169 Å². The molecule has 10 rings (SSSR count). The molecule has 24 heteroatoms. The molecule has 8 fully saturated rings. The summed E-state index contributed by atoms with van der Waals surface area (Å²) in [5.41, 5.74) is 7.28. The molecular formula is C66H91KNNaO21+2. The zero-order valence-corrected chi connectivity index (χ0v) is 58.5. The van der Waals surface area contributed by atoms with E-state index in [0.29, 0.717) is 68.1 Å². The van der Waals surface area contributed by atoms with E-state index in [-0.39, 0.29) is 211 Å². The van der Waals surface area contributed by atoms with Gasteiger partial charge in [0.25, 0.3) is 0 Å². The number of carbonyl (C=O) groups is 10. The Balaban J connectivity index is 0.000000317. The monoisotopic (exact) mass is 1300 g/mol. The molecule has 10 atom stereocenters. The molecule has 0 spiro atoms. The largest absolute Gasteiger partial charge is 1.00 e. The van der Waals surface area contributed by atoms with Gasteiger partial charge in [-0.2, -0.15) is 0 Å². The van der Waals surface area contributed by atoms with Crippen molar-refractivity contribution >= 4 is 59.7 Å². The van der Waals surface area contributed by atoms with Crippen molar-refractivity contribution in [3.05, 3.63) is 71.9 Å². The molecule has 0 amide bonds. The summed E-state index contributed by atoms with van der Waals surface area (Å²) >= 11 is 0. The number of aliphatic carboxylic acids is 4. The Morgan fingerprint density at radius 2 is 0.878 bits per heavy atom. The second-order valence-corrected chi connectivity index (χ2v) is 26.9. The molecule has 10 unspecified atom stereocenters. The quantitative estimate of drug-likeness (QED) is 0.0449. The van der Waals surface area contributed by atoms with Gasteiger partial charge in [-0.15, -0.1) is 0 Å². The van der Waals surface area contributed by atoms with E-state index in [1.54, 1.807) is 24.3 Å². The number of esters is 6. The van der Waals surface area contributed by atoms with Crippen LogP contribution in [-0.2, 0) is 76.4 Å². The average molecular weight is 1300 g/mol. The third kappa shape index (κ3) is 19.6. The molecule has 0 aromatic carbocycles. The molecular weight excluding hydrogens is 1200 g/mol. The van der Waals surface area contributed by atoms with Crippen LogP contribution in [0.3, 0.4) is 0 Å². The van der Waals surface area contributed by atoms with E-state index in [2.05, 4.69) is 27.0 Å². The maximum Gasteiger partial charge on any atom is 1.00 e. The zero-order valence-electron chi connectivity index (χ0n) is 53.4. The van der Waals surface area contributed by atoms with Gasteiger partial charge in [-0.3, -0.25) is 38.4 Å². The van der Waals surface area contributed by atoms with Gasteiger partial charge in [-0.25, -0.2) is 9.59 Å². The number of carboxylic acid groups (broad SMARTS) is 4. The molecule has 8 aliphatic carbocycles. The number of carbonyl (C=O) groups excluding carboxylic acids is 6. The van der Waals surface area contributed by atoms with Gasteiger partial charge in [-0.05, 0) is 142 Å². The molecule has 0 aromatic rings. The van der Waals surface area contributed by atoms with Crippen LogP contribution in [-0.4, -0.2) is 130 Å². The minimum atomic E-state index is -1.11. The molecule has 8 saturated carbocycles. The maximum atomic E-state index is 12.5. The van der Waals surface area contributed by atoms with Gasteiger partial charge in [0.2, 0.25) is 0 Å². The first kappa shape index (κ1) is 78.1. The molecule has 2 aliphatic heterocycles. The Kier molecular flexibility index (Phi) is 29.3. The normalized spacial score (nSPS) is 33.4. The first-order valence-electron chi connectivity index (χ1n) is 30.8.